The Morgan fingerprint density at radius 2 is 1.86 bits per heavy atom. The predicted molar refractivity (Wildman–Crippen MR) is 111 cm³/mol. The van der Waals surface area contributed by atoms with E-state index < -0.39 is 11.5 Å². The second kappa shape index (κ2) is 7.54. The molecule has 1 saturated heterocycles. The van der Waals surface area contributed by atoms with Gasteiger partial charge in [-0.25, -0.2) is 4.79 Å². The lowest BCUT2D eigenvalue weighted by atomic mass is 10.1. The van der Waals surface area contributed by atoms with E-state index in [0.717, 1.165) is 16.5 Å². The number of anilines is 1. The third-order valence-electron chi connectivity index (χ3n) is 5.30. The van der Waals surface area contributed by atoms with Gasteiger partial charge in [-0.05, 0) is 37.1 Å². The second-order valence-corrected chi connectivity index (χ2v) is 7.61. The summed E-state index contributed by atoms with van der Waals surface area (Å²) < 4.78 is 5.23. The van der Waals surface area contributed by atoms with Crippen molar-refractivity contribution in [1.82, 2.24) is 4.90 Å². The molecule has 2 amide bonds. The van der Waals surface area contributed by atoms with Crippen LogP contribution in [-0.2, 0) is 16.1 Å². The minimum atomic E-state index is -0.424. The van der Waals surface area contributed by atoms with E-state index in [1.165, 1.54) is 11.6 Å². The van der Waals surface area contributed by atoms with Crippen molar-refractivity contribution in [3.8, 4) is 0 Å². The first-order chi connectivity index (χ1) is 13.9. The number of carbonyl (C=O) groups excluding carboxylic acids is 2. The Hall–Kier alpha value is -3.41. The predicted octanol–water partition coefficient (Wildman–Crippen LogP) is 3.40. The Morgan fingerprint density at radius 1 is 1.10 bits per heavy atom. The summed E-state index contributed by atoms with van der Waals surface area (Å²) in [5, 5.41) is 3.67. The first kappa shape index (κ1) is 18.9. The molecule has 1 aliphatic heterocycles. The molecule has 0 bridgehead atoms. The van der Waals surface area contributed by atoms with Gasteiger partial charge in [0.1, 0.15) is 5.58 Å². The molecule has 0 radical (unpaired) electrons. The first-order valence-corrected chi connectivity index (χ1v) is 9.58. The number of hydrogen-bond donors (Lipinski definition) is 1. The number of hydrogen-bond acceptors (Lipinski definition) is 4. The van der Waals surface area contributed by atoms with Crippen LogP contribution in [0.1, 0.15) is 23.1 Å². The smallest absolute Gasteiger partial charge is 0.336 e. The molecule has 0 unspecified atom stereocenters. The molecule has 0 aliphatic carbocycles. The Bertz CT molecular complexity index is 1150. The number of fused-ring (bicyclic) bond motifs is 1. The van der Waals surface area contributed by atoms with Crippen molar-refractivity contribution in [2.24, 2.45) is 5.92 Å². The van der Waals surface area contributed by atoms with Gasteiger partial charge >= 0.3 is 5.63 Å². The number of amides is 2. The van der Waals surface area contributed by atoms with Gasteiger partial charge in [0, 0.05) is 42.7 Å². The van der Waals surface area contributed by atoms with Crippen LogP contribution in [0.15, 0.2) is 57.7 Å². The van der Waals surface area contributed by atoms with Crippen LogP contribution in [-0.4, -0.2) is 23.3 Å². The fraction of sp³-hybridized carbons (Fsp3) is 0.261. The highest BCUT2D eigenvalue weighted by atomic mass is 16.4. The van der Waals surface area contributed by atoms with Gasteiger partial charge in [-0.15, -0.1) is 0 Å². The van der Waals surface area contributed by atoms with Crippen LogP contribution in [0, 0.1) is 19.8 Å². The minimum Gasteiger partial charge on any atom is -0.423 e. The number of nitrogens with zero attached hydrogens (tertiary/aromatic N) is 1. The van der Waals surface area contributed by atoms with Crippen LogP contribution in [0.5, 0.6) is 0 Å². The number of aryl methyl sites for hydroxylation is 2. The fourth-order valence-corrected chi connectivity index (χ4v) is 3.66. The van der Waals surface area contributed by atoms with Crippen molar-refractivity contribution in [2.75, 3.05) is 11.9 Å². The lowest BCUT2D eigenvalue weighted by molar-refractivity contribution is -0.128. The number of benzene rings is 2. The highest BCUT2D eigenvalue weighted by Crippen LogP contribution is 2.24. The van der Waals surface area contributed by atoms with Gasteiger partial charge in [-0.2, -0.15) is 0 Å². The van der Waals surface area contributed by atoms with Crippen LogP contribution in [0.25, 0.3) is 11.0 Å². The Balaban J connectivity index is 1.45. The van der Waals surface area contributed by atoms with Gasteiger partial charge in [0.15, 0.2) is 0 Å². The Kier molecular flexibility index (Phi) is 4.92. The summed E-state index contributed by atoms with van der Waals surface area (Å²) in [6.45, 7) is 4.75. The molecule has 4 rings (SSSR count). The molecule has 0 spiro atoms. The maximum absolute atomic E-state index is 12.7. The second-order valence-electron chi connectivity index (χ2n) is 7.61. The molecule has 1 fully saturated rings. The third-order valence-corrected chi connectivity index (χ3v) is 5.30. The molecule has 6 nitrogen and oxygen atoms in total. The van der Waals surface area contributed by atoms with E-state index in [4.69, 9.17) is 4.42 Å². The van der Waals surface area contributed by atoms with Gasteiger partial charge in [-0.1, -0.05) is 29.8 Å². The van der Waals surface area contributed by atoms with Gasteiger partial charge in [0.25, 0.3) is 0 Å². The standard InChI is InChI=1S/C23H22N2O4/c1-14-3-5-16(6-4-14)12-25-13-17(10-21(25)26)23(28)24-18-7-8-19-15(2)9-22(27)29-20(19)11-18/h3-9,11,17H,10,12-13H2,1-2H3,(H,24,28)/t17-/m0/s1. The van der Waals surface area contributed by atoms with E-state index in [2.05, 4.69) is 5.32 Å². The minimum absolute atomic E-state index is 0.0224. The largest absolute Gasteiger partial charge is 0.423 e. The van der Waals surface area contributed by atoms with Crippen molar-refractivity contribution >= 4 is 28.5 Å². The summed E-state index contributed by atoms with van der Waals surface area (Å²) in [5.41, 5.74) is 3.58. The van der Waals surface area contributed by atoms with E-state index in [1.807, 2.05) is 44.2 Å². The van der Waals surface area contributed by atoms with E-state index >= 15 is 0 Å². The molecular weight excluding hydrogens is 368 g/mol. The van der Waals surface area contributed by atoms with E-state index in [9.17, 15) is 14.4 Å². The molecule has 3 aromatic rings. The molecular formula is C23H22N2O4. The topological polar surface area (TPSA) is 79.6 Å². The van der Waals surface area contributed by atoms with E-state index in [-0.39, 0.29) is 18.2 Å². The van der Waals surface area contributed by atoms with Crippen molar-refractivity contribution in [1.29, 1.82) is 0 Å². The van der Waals surface area contributed by atoms with Crippen LogP contribution >= 0.6 is 0 Å². The molecule has 2 heterocycles. The number of rotatable bonds is 4. The molecule has 148 valence electrons. The zero-order valence-corrected chi connectivity index (χ0v) is 16.4. The third kappa shape index (κ3) is 4.06. The van der Waals surface area contributed by atoms with Crippen LogP contribution < -0.4 is 10.9 Å². The van der Waals surface area contributed by atoms with Gasteiger partial charge in [-0.3, -0.25) is 9.59 Å². The molecule has 1 aromatic heterocycles. The number of carbonyl (C=O) groups is 2. The summed E-state index contributed by atoms with van der Waals surface area (Å²) >= 11 is 0. The zero-order valence-electron chi connectivity index (χ0n) is 16.4. The van der Waals surface area contributed by atoms with Gasteiger partial charge in [0.2, 0.25) is 11.8 Å². The Morgan fingerprint density at radius 3 is 2.62 bits per heavy atom. The van der Waals surface area contributed by atoms with Crippen molar-refractivity contribution < 1.29 is 14.0 Å². The van der Waals surface area contributed by atoms with Crippen LogP contribution in [0.3, 0.4) is 0 Å². The van der Waals surface area contributed by atoms with Crippen molar-refractivity contribution in [3.63, 3.8) is 0 Å². The maximum Gasteiger partial charge on any atom is 0.336 e. The highest BCUT2D eigenvalue weighted by molar-refractivity contribution is 5.98. The zero-order chi connectivity index (χ0) is 20.5. The summed E-state index contributed by atoms with van der Waals surface area (Å²) in [6, 6.07) is 14.7. The fourth-order valence-electron chi connectivity index (χ4n) is 3.66. The highest BCUT2D eigenvalue weighted by Gasteiger charge is 2.34. The molecule has 2 aromatic carbocycles. The van der Waals surface area contributed by atoms with E-state index in [0.29, 0.717) is 24.4 Å². The average Bonchev–Trinajstić information content (AvgIpc) is 3.04. The molecule has 6 heteroatoms. The first-order valence-electron chi connectivity index (χ1n) is 9.58. The molecule has 1 aliphatic rings. The summed E-state index contributed by atoms with van der Waals surface area (Å²) in [7, 11) is 0. The molecule has 1 N–H and O–H groups in total. The maximum atomic E-state index is 12.7. The Labute approximate surface area is 168 Å². The lowest BCUT2D eigenvalue weighted by Gasteiger charge is -2.17. The average molecular weight is 390 g/mol. The van der Waals surface area contributed by atoms with Crippen LogP contribution in [0.2, 0.25) is 0 Å². The lowest BCUT2D eigenvalue weighted by Crippen LogP contribution is -2.28. The summed E-state index contributed by atoms with van der Waals surface area (Å²) in [6.07, 6.45) is 0.194. The molecule has 0 saturated carbocycles. The van der Waals surface area contributed by atoms with Crippen molar-refractivity contribution in [3.05, 3.63) is 75.6 Å². The molecule has 1 atom stereocenters. The SMILES string of the molecule is Cc1ccc(CN2C[C@@H](C(=O)Nc3ccc4c(C)cc(=O)oc4c3)CC2=O)cc1. The summed E-state index contributed by atoms with van der Waals surface area (Å²) in [4.78, 5) is 38.4. The number of likely N-dealkylation sites (tertiary alicyclic amines) is 1. The quantitative estimate of drug-likeness (QED) is 0.693. The van der Waals surface area contributed by atoms with Gasteiger partial charge in [0.05, 0.1) is 5.92 Å². The number of nitrogens with one attached hydrogen (secondary N) is 1. The molecule has 29 heavy (non-hydrogen) atoms. The van der Waals surface area contributed by atoms with Gasteiger partial charge < -0.3 is 14.6 Å². The normalized spacial score (nSPS) is 16.4. The van der Waals surface area contributed by atoms with E-state index in [1.54, 1.807) is 17.0 Å². The van der Waals surface area contributed by atoms with Crippen molar-refractivity contribution in [2.45, 2.75) is 26.8 Å². The van der Waals surface area contributed by atoms with Crippen LogP contribution in [0.4, 0.5) is 5.69 Å². The monoisotopic (exact) mass is 390 g/mol. The summed E-state index contributed by atoms with van der Waals surface area (Å²) in [5.74, 6) is -0.641.